The Morgan fingerprint density at radius 1 is 1.11 bits per heavy atom. The van der Waals surface area contributed by atoms with Crippen molar-refractivity contribution in [1.82, 2.24) is 10.6 Å². The number of amides is 3. The molecule has 1 aliphatic heterocycles. The van der Waals surface area contributed by atoms with Crippen LogP contribution in [0.25, 0.3) is 0 Å². The van der Waals surface area contributed by atoms with Crippen molar-refractivity contribution in [2.24, 2.45) is 0 Å². The SMILES string of the molecule is O=C1NC(=O)C(Cc2ccc3c(c2)CCCC3)N1. The fraction of sp³-hybridized carbons (Fsp3) is 0.429. The highest BCUT2D eigenvalue weighted by Crippen LogP contribution is 2.22. The molecule has 94 valence electrons. The van der Waals surface area contributed by atoms with Crippen LogP contribution in [0.2, 0.25) is 0 Å². The number of imide groups is 1. The average molecular weight is 244 g/mol. The van der Waals surface area contributed by atoms with Crippen LogP contribution in [0.5, 0.6) is 0 Å². The van der Waals surface area contributed by atoms with Crippen molar-refractivity contribution in [1.29, 1.82) is 0 Å². The minimum Gasteiger partial charge on any atom is -0.326 e. The molecule has 0 aromatic heterocycles. The predicted molar refractivity (Wildman–Crippen MR) is 67.3 cm³/mol. The minimum absolute atomic E-state index is 0.224. The Morgan fingerprint density at radius 3 is 2.61 bits per heavy atom. The fourth-order valence-corrected chi connectivity index (χ4v) is 2.75. The van der Waals surface area contributed by atoms with E-state index in [0.717, 1.165) is 18.4 Å². The molecule has 1 atom stereocenters. The van der Waals surface area contributed by atoms with Gasteiger partial charge in [-0.05, 0) is 42.4 Å². The van der Waals surface area contributed by atoms with Crippen LogP contribution >= 0.6 is 0 Å². The number of carbonyl (C=O) groups excluding carboxylic acids is 2. The van der Waals surface area contributed by atoms with Gasteiger partial charge in [0, 0.05) is 6.42 Å². The van der Waals surface area contributed by atoms with Gasteiger partial charge >= 0.3 is 6.03 Å². The Balaban J connectivity index is 1.77. The number of rotatable bonds is 2. The van der Waals surface area contributed by atoms with Gasteiger partial charge in [0.05, 0.1) is 0 Å². The standard InChI is InChI=1S/C14H16N2O2/c17-13-12(15-14(18)16-13)8-9-5-6-10-3-1-2-4-11(10)7-9/h5-7,12H,1-4,8H2,(H2,15,16,17,18). The van der Waals surface area contributed by atoms with Gasteiger partial charge in [0.15, 0.2) is 0 Å². The monoisotopic (exact) mass is 244 g/mol. The third-order valence-electron chi connectivity index (χ3n) is 3.71. The maximum Gasteiger partial charge on any atom is 0.322 e. The molecule has 1 aliphatic carbocycles. The highest BCUT2D eigenvalue weighted by atomic mass is 16.2. The highest BCUT2D eigenvalue weighted by molar-refractivity contribution is 6.04. The Bertz CT molecular complexity index is 511. The number of hydrogen-bond acceptors (Lipinski definition) is 2. The lowest BCUT2D eigenvalue weighted by Gasteiger charge is -2.17. The van der Waals surface area contributed by atoms with Crippen molar-refractivity contribution < 1.29 is 9.59 Å². The number of fused-ring (bicyclic) bond motifs is 1. The maximum atomic E-state index is 11.5. The zero-order chi connectivity index (χ0) is 12.5. The largest absolute Gasteiger partial charge is 0.326 e. The second-order valence-corrected chi connectivity index (χ2v) is 5.03. The molecule has 0 bridgehead atoms. The van der Waals surface area contributed by atoms with Crippen LogP contribution in [-0.4, -0.2) is 18.0 Å². The molecule has 3 rings (SSSR count). The van der Waals surface area contributed by atoms with E-state index in [4.69, 9.17) is 0 Å². The first-order chi connectivity index (χ1) is 8.72. The first-order valence-electron chi connectivity index (χ1n) is 6.44. The van der Waals surface area contributed by atoms with Gasteiger partial charge in [-0.3, -0.25) is 10.1 Å². The summed E-state index contributed by atoms with van der Waals surface area (Å²) < 4.78 is 0. The van der Waals surface area contributed by atoms with Gasteiger partial charge < -0.3 is 5.32 Å². The van der Waals surface area contributed by atoms with Gasteiger partial charge in [-0.15, -0.1) is 0 Å². The number of nitrogens with one attached hydrogen (secondary N) is 2. The van der Waals surface area contributed by atoms with E-state index in [0.29, 0.717) is 6.42 Å². The third-order valence-corrected chi connectivity index (χ3v) is 3.71. The van der Waals surface area contributed by atoms with E-state index in [1.54, 1.807) is 0 Å². The van der Waals surface area contributed by atoms with E-state index in [2.05, 4.69) is 28.8 Å². The molecule has 1 saturated heterocycles. The van der Waals surface area contributed by atoms with Crippen molar-refractivity contribution in [2.75, 3.05) is 0 Å². The van der Waals surface area contributed by atoms with Crippen molar-refractivity contribution in [3.63, 3.8) is 0 Å². The quantitative estimate of drug-likeness (QED) is 0.771. The summed E-state index contributed by atoms with van der Waals surface area (Å²) in [6, 6.07) is 5.62. The van der Waals surface area contributed by atoms with Gasteiger partial charge in [-0.25, -0.2) is 4.79 Å². The Labute approximate surface area is 106 Å². The maximum absolute atomic E-state index is 11.5. The second-order valence-electron chi connectivity index (χ2n) is 5.03. The molecule has 0 radical (unpaired) electrons. The van der Waals surface area contributed by atoms with Crippen molar-refractivity contribution in [2.45, 2.75) is 38.1 Å². The van der Waals surface area contributed by atoms with Gasteiger partial charge in [-0.1, -0.05) is 18.2 Å². The molecule has 1 unspecified atom stereocenters. The zero-order valence-corrected chi connectivity index (χ0v) is 10.2. The van der Waals surface area contributed by atoms with E-state index in [-0.39, 0.29) is 11.9 Å². The molecular formula is C14H16N2O2. The zero-order valence-electron chi connectivity index (χ0n) is 10.2. The summed E-state index contributed by atoms with van der Waals surface area (Å²) in [6.45, 7) is 0. The lowest BCUT2D eigenvalue weighted by molar-refractivity contribution is -0.120. The van der Waals surface area contributed by atoms with Crippen LogP contribution in [-0.2, 0) is 24.1 Å². The molecule has 1 aromatic rings. The molecule has 1 heterocycles. The molecule has 2 N–H and O–H groups in total. The van der Waals surface area contributed by atoms with Crippen LogP contribution in [0.1, 0.15) is 29.5 Å². The second kappa shape index (κ2) is 4.44. The summed E-state index contributed by atoms with van der Waals surface area (Å²) in [6.07, 6.45) is 5.39. The van der Waals surface area contributed by atoms with Gasteiger partial charge in [0.25, 0.3) is 5.91 Å². The number of benzene rings is 1. The van der Waals surface area contributed by atoms with E-state index < -0.39 is 6.04 Å². The van der Waals surface area contributed by atoms with Gasteiger partial charge in [0.2, 0.25) is 0 Å². The number of aryl methyl sites for hydroxylation is 2. The molecule has 0 saturated carbocycles. The molecule has 0 spiro atoms. The summed E-state index contributed by atoms with van der Waals surface area (Å²) in [5.41, 5.74) is 3.96. The van der Waals surface area contributed by atoms with Gasteiger partial charge in [0.1, 0.15) is 6.04 Å². The van der Waals surface area contributed by atoms with Crippen LogP contribution in [0, 0.1) is 0 Å². The van der Waals surface area contributed by atoms with Crippen molar-refractivity contribution in [3.8, 4) is 0 Å². The molecule has 4 heteroatoms. The van der Waals surface area contributed by atoms with Crippen molar-refractivity contribution in [3.05, 3.63) is 34.9 Å². The minimum atomic E-state index is -0.417. The van der Waals surface area contributed by atoms with Crippen LogP contribution in [0.3, 0.4) is 0 Å². The van der Waals surface area contributed by atoms with Crippen LogP contribution in [0.15, 0.2) is 18.2 Å². The first-order valence-corrected chi connectivity index (χ1v) is 6.44. The molecular weight excluding hydrogens is 228 g/mol. The number of hydrogen-bond donors (Lipinski definition) is 2. The van der Waals surface area contributed by atoms with Crippen molar-refractivity contribution >= 4 is 11.9 Å². The lowest BCUT2D eigenvalue weighted by Crippen LogP contribution is -2.31. The van der Waals surface area contributed by atoms with E-state index in [1.807, 2.05) is 0 Å². The van der Waals surface area contributed by atoms with Crippen LogP contribution in [0.4, 0.5) is 4.79 Å². The molecule has 1 aromatic carbocycles. The summed E-state index contributed by atoms with van der Waals surface area (Å²) >= 11 is 0. The first kappa shape index (κ1) is 11.3. The summed E-state index contributed by atoms with van der Waals surface area (Å²) in [4.78, 5) is 22.5. The Hall–Kier alpha value is -1.84. The van der Waals surface area contributed by atoms with Crippen LogP contribution < -0.4 is 10.6 Å². The molecule has 3 amide bonds. The molecule has 4 nitrogen and oxygen atoms in total. The van der Waals surface area contributed by atoms with E-state index in [9.17, 15) is 9.59 Å². The number of carbonyl (C=O) groups is 2. The number of urea groups is 1. The average Bonchev–Trinajstić information content (AvgIpc) is 2.68. The molecule has 18 heavy (non-hydrogen) atoms. The Kier molecular flexibility index (Phi) is 2.78. The normalized spacial score (nSPS) is 22.3. The summed E-state index contributed by atoms with van der Waals surface area (Å²) in [5.74, 6) is -0.224. The fourth-order valence-electron chi connectivity index (χ4n) is 2.75. The lowest BCUT2D eigenvalue weighted by atomic mass is 9.89. The third kappa shape index (κ3) is 2.10. The highest BCUT2D eigenvalue weighted by Gasteiger charge is 2.29. The van der Waals surface area contributed by atoms with E-state index in [1.165, 1.54) is 24.0 Å². The predicted octanol–water partition coefficient (Wildman–Crippen LogP) is 1.32. The van der Waals surface area contributed by atoms with E-state index >= 15 is 0 Å². The Morgan fingerprint density at radius 2 is 1.89 bits per heavy atom. The topological polar surface area (TPSA) is 58.2 Å². The summed E-state index contributed by atoms with van der Waals surface area (Å²) in [5, 5.41) is 4.89. The summed E-state index contributed by atoms with van der Waals surface area (Å²) in [7, 11) is 0. The molecule has 2 aliphatic rings. The smallest absolute Gasteiger partial charge is 0.322 e. The molecule has 1 fully saturated rings. The van der Waals surface area contributed by atoms with Gasteiger partial charge in [-0.2, -0.15) is 0 Å².